The van der Waals surface area contributed by atoms with Gasteiger partial charge in [0.05, 0.1) is 5.39 Å². The van der Waals surface area contributed by atoms with Gasteiger partial charge in [-0.15, -0.1) is 22.9 Å². The maximum Gasteiger partial charge on any atom is 0.138 e. The number of nitrogens with one attached hydrogen (secondary N) is 1. The van der Waals surface area contributed by atoms with Crippen LogP contribution >= 0.6 is 22.9 Å². The third kappa shape index (κ3) is 2.59. The lowest BCUT2D eigenvalue weighted by molar-refractivity contribution is 0.378. The molecule has 0 radical (unpaired) electrons. The Balaban J connectivity index is 1.64. The van der Waals surface area contributed by atoms with Gasteiger partial charge >= 0.3 is 0 Å². The fourth-order valence-electron chi connectivity index (χ4n) is 2.50. The largest absolute Gasteiger partial charge is 0.369 e. The molecule has 0 bridgehead atoms. The standard InChI is InChI=1S/C13H16ClN3S/c14-10-3-1-9(2-4-10)7-15-12-11-5-6-18-13(11)17-8-16-12/h5-6,8-10H,1-4,7H2,(H,15,16,17). The van der Waals surface area contributed by atoms with Gasteiger partial charge in [-0.1, -0.05) is 0 Å². The molecule has 2 aromatic rings. The Morgan fingerprint density at radius 3 is 2.94 bits per heavy atom. The Morgan fingerprint density at radius 2 is 2.11 bits per heavy atom. The zero-order chi connectivity index (χ0) is 12.4. The molecular weight excluding hydrogens is 266 g/mol. The van der Waals surface area contributed by atoms with Gasteiger partial charge in [0.1, 0.15) is 17.0 Å². The highest BCUT2D eigenvalue weighted by Crippen LogP contribution is 2.29. The van der Waals surface area contributed by atoms with Crippen LogP contribution in [0.1, 0.15) is 25.7 Å². The molecule has 1 aliphatic rings. The first kappa shape index (κ1) is 12.2. The number of anilines is 1. The summed E-state index contributed by atoms with van der Waals surface area (Å²) in [4.78, 5) is 9.65. The second kappa shape index (κ2) is 5.41. The molecule has 96 valence electrons. The summed E-state index contributed by atoms with van der Waals surface area (Å²) in [6, 6.07) is 2.08. The van der Waals surface area contributed by atoms with E-state index in [1.165, 1.54) is 12.8 Å². The molecule has 18 heavy (non-hydrogen) atoms. The molecule has 0 unspecified atom stereocenters. The third-order valence-corrected chi connectivity index (χ3v) is 4.85. The van der Waals surface area contributed by atoms with Crippen molar-refractivity contribution in [3.8, 4) is 0 Å². The molecule has 2 heterocycles. The Bertz CT molecular complexity index is 520. The van der Waals surface area contributed by atoms with Gasteiger partial charge in [-0.3, -0.25) is 0 Å². The molecule has 0 saturated heterocycles. The Kier molecular flexibility index (Phi) is 3.66. The summed E-state index contributed by atoms with van der Waals surface area (Å²) < 4.78 is 0. The SMILES string of the molecule is ClC1CCC(CNc2ncnc3sccc23)CC1. The number of fused-ring (bicyclic) bond motifs is 1. The zero-order valence-corrected chi connectivity index (χ0v) is 11.7. The van der Waals surface area contributed by atoms with E-state index in [0.29, 0.717) is 5.38 Å². The minimum absolute atomic E-state index is 0.392. The first-order chi connectivity index (χ1) is 8.83. The van der Waals surface area contributed by atoms with Gasteiger partial charge < -0.3 is 5.32 Å². The molecule has 0 aromatic carbocycles. The van der Waals surface area contributed by atoms with E-state index >= 15 is 0 Å². The lowest BCUT2D eigenvalue weighted by atomic mass is 9.89. The second-order valence-electron chi connectivity index (χ2n) is 4.86. The summed E-state index contributed by atoms with van der Waals surface area (Å²) in [6.45, 7) is 0.992. The highest BCUT2D eigenvalue weighted by Gasteiger charge is 2.19. The average Bonchev–Trinajstić information content (AvgIpc) is 2.87. The number of thiophene rings is 1. The van der Waals surface area contributed by atoms with Crippen molar-refractivity contribution < 1.29 is 0 Å². The fraction of sp³-hybridized carbons (Fsp3) is 0.538. The summed E-state index contributed by atoms with van der Waals surface area (Å²) >= 11 is 7.78. The molecule has 1 aliphatic carbocycles. The lowest BCUT2D eigenvalue weighted by Gasteiger charge is -2.25. The van der Waals surface area contributed by atoms with Crippen molar-refractivity contribution in [2.75, 3.05) is 11.9 Å². The minimum atomic E-state index is 0.392. The van der Waals surface area contributed by atoms with Crippen molar-refractivity contribution in [3.63, 3.8) is 0 Å². The molecule has 3 rings (SSSR count). The van der Waals surface area contributed by atoms with E-state index in [2.05, 4.69) is 26.7 Å². The van der Waals surface area contributed by atoms with Crippen LogP contribution < -0.4 is 5.32 Å². The van der Waals surface area contributed by atoms with Crippen molar-refractivity contribution >= 4 is 39.0 Å². The summed E-state index contributed by atoms with van der Waals surface area (Å²) in [6.07, 6.45) is 6.37. The molecule has 3 nitrogen and oxygen atoms in total. The number of halogens is 1. The Hall–Kier alpha value is -0.870. The lowest BCUT2D eigenvalue weighted by Crippen LogP contribution is -2.21. The van der Waals surface area contributed by atoms with Crippen LogP contribution in [0.15, 0.2) is 17.8 Å². The van der Waals surface area contributed by atoms with E-state index in [4.69, 9.17) is 11.6 Å². The predicted molar refractivity (Wildman–Crippen MR) is 77.5 cm³/mol. The summed E-state index contributed by atoms with van der Waals surface area (Å²) in [7, 11) is 0. The van der Waals surface area contributed by atoms with Gasteiger partial charge in [0.2, 0.25) is 0 Å². The first-order valence-corrected chi connectivity index (χ1v) is 7.70. The van der Waals surface area contributed by atoms with E-state index in [9.17, 15) is 0 Å². The molecule has 1 fully saturated rings. The third-order valence-electron chi connectivity index (χ3n) is 3.60. The van der Waals surface area contributed by atoms with Crippen LogP contribution in [0.2, 0.25) is 0 Å². The highest BCUT2D eigenvalue weighted by atomic mass is 35.5. The number of aromatic nitrogens is 2. The Labute approximate surface area is 116 Å². The Morgan fingerprint density at radius 1 is 1.28 bits per heavy atom. The molecule has 1 saturated carbocycles. The minimum Gasteiger partial charge on any atom is -0.369 e. The van der Waals surface area contributed by atoms with Gasteiger partial charge in [0, 0.05) is 11.9 Å². The van der Waals surface area contributed by atoms with Crippen molar-refractivity contribution in [2.45, 2.75) is 31.1 Å². The van der Waals surface area contributed by atoms with Crippen LogP contribution in [0.25, 0.3) is 10.2 Å². The number of rotatable bonds is 3. The van der Waals surface area contributed by atoms with Crippen LogP contribution in [0.5, 0.6) is 0 Å². The number of hydrogen-bond acceptors (Lipinski definition) is 4. The summed E-state index contributed by atoms with van der Waals surface area (Å²) in [5.41, 5.74) is 0. The highest BCUT2D eigenvalue weighted by molar-refractivity contribution is 7.16. The molecule has 0 amide bonds. The van der Waals surface area contributed by atoms with Gasteiger partial charge in [0.25, 0.3) is 0 Å². The van der Waals surface area contributed by atoms with Crippen LogP contribution in [0, 0.1) is 5.92 Å². The maximum absolute atomic E-state index is 6.12. The predicted octanol–water partition coefficient (Wildman–Crippen LogP) is 3.90. The van der Waals surface area contributed by atoms with Gasteiger partial charge in [-0.2, -0.15) is 0 Å². The fourth-order valence-corrected chi connectivity index (χ4v) is 3.48. The summed E-state index contributed by atoms with van der Waals surface area (Å²) in [5, 5.41) is 7.05. The quantitative estimate of drug-likeness (QED) is 0.867. The van der Waals surface area contributed by atoms with Gasteiger partial charge in [0.15, 0.2) is 0 Å². The smallest absolute Gasteiger partial charge is 0.138 e. The average molecular weight is 282 g/mol. The van der Waals surface area contributed by atoms with Crippen molar-refractivity contribution in [2.24, 2.45) is 5.92 Å². The van der Waals surface area contributed by atoms with E-state index in [1.807, 2.05) is 0 Å². The van der Waals surface area contributed by atoms with E-state index in [-0.39, 0.29) is 0 Å². The maximum atomic E-state index is 6.12. The monoisotopic (exact) mass is 281 g/mol. The molecule has 0 atom stereocenters. The van der Waals surface area contributed by atoms with Crippen LogP contribution in [-0.4, -0.2) is 21.9 Å². The van der Waals surface area contributed by atoms with Crippen molar-refractivity contribution in [1.29, 1.82) is 0 Å². The van der Waals surface area contributed by atoms with Crippen LogP contribution in [0.3, 0.4) is 0 Å². The number of hydrogen-bond donors (Lipinski definition) is 1. The zero-order valence-electron chi connectivity index (χ0n) is 10.1. The molecule has 5 heteroatoms. The first-order valence-electron chi connectivity index (χ1n) is 6.39. The number of alkyl halides is 1. The molecular formula is C13H16ClN3S. The molecule has 0 aliphatic heterocycles. The second-order valence-corrected chi connectivity index (χ2v) is 6.37. The molecule has 1 N–H and O–H groups in total. The van der Waals surface area contributed by atoms with Gasteiger partial charge in [-0.25, -0.2) is 9.97 Å². The van der Waals surface area contributed by atoms with Crippen LogP contribution in [0.4, 0.5) is 5.82 Å². The summed E-state index contributed by atoms with van der Waals surface area (Å²) in [5.74, 6) is 1.69. The van der Waals surface area contributed by atoms with Crippen molar-refractivity contribution in [1.82, 2.24) is 9.97 Å². The van der Waals surface area contributed by atoms with Crippen LogP contribution in [-0.2, 0) is 0 Å². The normalized spacial score (nSPS) is 24.3. The molecule has 2 aromatic heterocycles. The van der Waals surface area contributed by atoms with E-state index < -0.39 is 0 Å². The van der Waals surface area contributed by atoms with E-state index in [0.717, 1.165) is 41.3 Å². The van der Waals surface area contributed by atoms with Crippen molar-refractivity contribution in [3.05, 3.63) is 17.8 Å². The topological polar surface area (TPSA) is 37.8 Å². The number of nitrogens with zero attached hydrogens (tertiary/aromatic N) is 2. The van der Waals surface area contributed by atoms with Gasteiger partial charge in [-0.05, 0) is 43.0 Å². The van der Waals surface area contributed by atoms with E-state index in [1.54, 1.807) is 17.7 Å². The molecule has 0 spiro atoms.